The summed E-state index contributed by atoms with van der Waals surface area (Å²) < 4.78 is 21.8. The minimum absolute atomic E-state index is 0.0494. The van der Waals surface area contributed by atoms with Crippen LogP contribution in [0.4, 0.5) is 0 Å². The summed E-state index contributed by atoms with van der Waals surface area (Å²) in [7, 11) is 2.93. The number of hydrogen-bond acceptors (Lipinski definition) is 7. The van der Waals surface area contributed by atoms with Crippen LogP contribution in [0.25, 0.3) is 0 Å². The van der Waals surface area contributed by atoms with Gasteiger partial charge >= 0.3 is 0 Å². The van der Waals surface area contributed by atoms with Crippen molar-refractivity contribution in [1.82, 2.24) is 4.90 Å². The molecule has 0 spiro atoms. The highest BCUT2D eigenvalue weighted by Gasteiger charge is 2.61. The van der Waals surface area contributed by atoms with Crippen molar-refractivity contribution in [1.29, 1.82) is 0 Å². The van der Waals surface area contributed by atoms with E-state index in [1.807, 2.05) is 30.3 Å². The van der Waals surface area contributed by atoms with Crippen LogP contribution in [0.15, 0.2) is 54.6 Å². The van der Waals surface area contributed by atoms with Crippen LogP contribution in [0.1, 0.15) is 43.4 Å². The summed E-state index contributed by atoms with van der Waals surface area (Å²) in [6.45, 7) is 0.245. The molecule has 3 aromatic carbocycles. The number of benzene rings is 3. The van der Waals surface area contributed by atoms with Gasteiger partial charge in [0.05, 0.1) is 25.8 Å². The van der Waals surface area contributed by atoms with Gasteiger partial charge in [-0.05, 0) is 35.4 Å². The molecule has 3 aromatic rings. The summed E-state index contributed by atoms with van der Waals surface area (Å²) in [6, 6.07) is 14.8. The maximum atomic E-state index is 13.9. The molecule has 0 fully saturated rings. The number of ketones is 1. The minimum Gasteiger partial charge on any atom is -0.493 e. The molecule has 172 valence electrons. The minimum atomic E-state index is -2.02. The Morgan fingerprint density at radius 3 is 2.35 bits per heavy atom. The van der Waals surface area contributed by atoms with Crippen LogP contribution in [-0.4, -0.2) is 42.7 Å². The van der Waals surface area contributed by atoms with E-state index in [1.165, 1.54) is 31.3 Å². The Labute approximate surface area is 195 Å². The van der Waals surface area contributed by atoms with Crippen molar-refractivity contribution in [3.63, 3.8) is 0 Å². The second-order valence-corrected chi connectivity index (χ2v) is 8.46. The third-order valence-corrected chi connectivity index (χ3v) is 6.76. The summed E-state index contributed by atoms with van der Waals surface area (Å²) in [5, 5.41) is 12.2. The van der Waals surface area contributed by atoms with Crippen molar-refractivity contribution in [3.05, 3.63) is 82.4 Å². The topological polar surface area (TPSA) is 94.5 Å². The third-order valence-electron chi connectivity index (χ3n) is 6.76. The van der Waals surface area contributed by atoms with E-state index < -0.39 is 17.4 Å². The molecule has 2 aliphatic heterocycles. The number of carbonyl (C=O) groups is 2. The Bertz CT molecular complexity index is 1350. The third kappa shape index (κ3) is 2.63. The van der Waals surface area contributed by atoms with E-state index in [-0.39, 0.29) is 30.4 Å². The second kappa shape index (κ2) is 7.23. The van der Waals surface area contributed by atoms with Gasteiger partial charge in [0.1, 0.15) is 0 Å². The maximum absolute atomic E-state index is 13.9. The molecule has 0 saturated carbocycles. The number of rotatable bonds is 4. The number of nitrogens with zero attached hydrogens (tertiary/aromatic N) is 1. The van der Waals surface area contributed by atoms with Crippen molar-refractivity contribution < 1.29 is 33.6 Å². The summed E-state index contributed by atoms with van der Waals surface area (Å²) in [5.41, 5.74) is 0.0336. The van der Waals surface area contributed by atoms with Gasteiger partial charge in [0, 0.05) is 17.7 Å². The zero-order valence-electron chi connectivity index (χ0n) is 18.5. The lowest BCUT2D eigenvalue weighted by Crippen LogP contribution is -2.52. The van der Waals surface area contributed by atoms with E-state index in [4.69, 9.17) is 18.9 Å². The summed E-state index contributed by atoms with van der Waals surface area (Å²) >= 11 is 0. The highest BCUT2D eigenvalue weighted by Crippen LogP contribution is 2.56. The zero-order chi connectivity index (χ0) is 23.6. The summed E-state index contributed by atoms with van der Waals surface area (Å²) in [5.74, 6) is 0.720. The zero-order valence-corrected chi connectivity index (χ0v) is 18.5. The number of fused-ring (bicyclic) bond motifs is 6. The number of aliphatic hydroxyl groups is 1. The highest BCUT2D eigenvalue weighted by molar-refractivity contribution is 6.13. The van der Waals surface area contributed by atoms with Crippen molar-refractivity contribution in [2.24, 2.45) is 0 Å². The molecule has 3 aliphatic rings. The molecule has 1 N–H and O–H groups in total. The van der Waals surface area contributed by atoms with Gasteiger partial charge in [-0.15, -0.1) is 0 Å². The van der Waals surface area contributed by atoms with Crippen molar-refractivity contribution in [2.45, 2.75) is 18.2 Å². The van der Waals surface area contributed by atoms with E-state index >= 15 is 0 Å². The summed E-state index contributed by atoms with van der Waals surface area (Å²) in [4.78, 5) is 29.2. The number of Topliss-reactive ketones (excluding diaryl/α,β-unsaturated/α-hetero) is 1. The van der Waals surface area contributed by atoms with Crippen LogP contribution in [0, 0.1) is 0 Å². The van der Waals surface area contributed by atoms with Crippen LogP contribution in [-0.2, 0) is 12.1 Å². The van der Waals surface area contributed by atoms with Gasteiger partial charge in [0.25, 0.3) is 5.91 Å². The number of hydrogen-bond donors (Lipinski definition) is 1. The first-order chi connectivity index (χ1) is 16.5. The molecule has 6 rings (SSSR count). The monoisotopic (exact) mass is 459 g/mol. The first-order valence-electron chi connectivity index (χ1n) is 10.8. The van der Waals surface area contributed by atoms with Crippen LogP contribution in [0.2, 0.25) is 0 Å². The van der Waals surface area contributed by atoms with Crippen molar-refractivity contribution in [3.8, 4) is 23.0 Å². The molecule has 34 heavy (non-hydrogen) atoms. The quantitative estimate of drug-likeness (QED) is 0.640. The average Bonchev–Trinajstić information content (AvgIpc) is 3.41. The SMILES string of the molecule is COc1cc2c(cc1OC)[C@@]1(O)C(=O)c3cc4c(cc3[C@H]1N(Cc1ccccc1)C2=O)OCO4. The standard InChI is InChI=1S/C26H21NO7/c1-31-19-10-17-18(11-20(19)32-2)26(30)23(27(25(17)29)12-14-6-4-3-5-7-14)15-8-21-22(34-13-33-21)9-16(15)24(26)28/h3-11,23,30H,12-13H2,1-2H3/t23-,26+/m1/s1. The Morgan fingerprint density at radius 2 is 1.65 bits per heavy atom. The molecule has 0 aromatic heterocycles. The largest absolute Gasteiger partial charge is 0.493 e. The molecule has 1 aliphatic carbocycles. The molecule has 2 atom stereocenters. The van der Waals surface area contributed by atoms with Gasteiger partial charge in [-0.1, -0.05) is 30.3 Å². The molecule has 0 radical (unpaired) electrons. The average molecular weight is 459 g/mol. The molecule has 2 heterocycles. The lowest BCUT2D eigenvalue weighted by Gasteiger charge is -2.43. The Kier molecular flexibility index (Phi) is 4.37. The lowest BCUT2D eigenvalue weighted by molar-refractivity contribution is -0.0297. The van der Waals surface area contributed by atoms with Gasteiger partial charge in [0.15, 0.2) is 28.6 Å². The Morgan fingerprint density at radius 1 is 0.971 bits per heavy atom. The highest BCUT2D eigenvalue weighted by atomic mass is 16.7. The van der Waals surface area contributed by atoms with E-state index in [2.05, 4.69) is 0 Å². The van der Waals surface area contributed by atoms with Gasteiger partial charge in [-0.2, -0.15) is 0 Å². The Balaban J connectivity index is 1.61. The molecule has 0 unspecified atom stereocenters. The predicted molar refractivity (Wildman–Crippen MR) is 119 cm³/mol. The molecular weight excluding hydrogens is 438 g/mol. The number of carbonyl (C=O) groups excluding carboxylic acids is 2. The number of amides is 1. The fourth-order valence-electron chi connectivity index (χ4n) is 5.18. The van der Waals surface area contributed by atoms with E-state index in [0.29, 0.717) is 34.1 Å². The predicted octanol–water partition coefficient (Wildman–Crippen LogP) is 3.21. The van der Waals surface area contributed by atoms with Crippen LogP contribution in [0.3, 0.4) is 0 Å². The Hall–Kier alpha value is -4.04. The van der Waals surface area contributed by atoms with Gasteiger partial charge < -0.3 is 29.0 Å². The lowest BCUT2D eigenvalue weighted by atomic mass is 9.78. The number of ether oxygens (including phenoxy) is 4. The van der Waals surface area contributed by atoms with Crippen LogP contribution < -0.4 is 18.9 Å². The van der Waals surface area contributed by atoms with Crippen molar-refractivity contribution >= 4 is 11.7 Å². The van der Waals surface area contributed by atoms with E-state index in [0.717, 1.165) is 5.56 Å². The molecule has 1 amide bonds. The smallest absolute Gasteiger partial charge is 0.255 e. The fourth-order valence-corrected chi connectivity index (χ4v) is 5.18. The first kappa shape index (κ1) is 20.6. The second-order valence-electron chi connectivity index (χ2n) is 8.46. The maximum Gasteiger partial charge on any atom is 0.255 e. The number of methoxy groups -OCH3 is 2. The molecular formula is C26H21NO7. The van der Waals surface area contributed by atoms with Crippen molar-refractivity contribution in [2.75, 3.05) is 21.0 Å². The van der Waals surface area contributed by atoms with Crippen LogP contribution in [0.5, 0.6) is 23.0 Å². The molecule has 8 nitrogen and oxygen atoms in total. The normalized spacial score (nSPS) is 21.7. The molecule has 8 heteroatoms. The fraction of sp³-hybridized carbons (Fsp3) is 0.231. The van der Waals surface area contributed by atoms with E-state index in [9.17, 15) is 14.7 Å². The molecule has 0 saturated heterocycles. The first-order valence-corrected chi connectivity index (χ1v) is 10.8. The van der Waals surface area contributed by atoms with Gasteiger partial charge in [-0.3, -0.25) is 9.59 Å². The molecule has 0 bridgehead atoms. The van der Waals surface area contributed by atoms with Crippen LogP contribution >= 0.6 is 0 Å². The van der Waals surface area contributed by atoms with Gasteiger partial charge in [0.2, 0.25) is 12.6 Å². The van der Waals surface area contributed by atoms with Gasteiger partial charge in [-0.25, -0.2) is 0 Å². The summed E-state index contributed by atoms with van der Waals surface area (Å²) in [6.07, 6.45) is 0. The van der Waals surface area contributed by atoms with E-state index in [1.54, 1.807) is 12.1 Å².